The predicted molar refractivity (Wildman–Crippen MR) is 97.5 cm³/mol. The van der Waals surface area contributed by atoms with E-state index in [2.05, 4.69) is 5.16 Å². The van der Waals surface area contributed by atoms with Gasteiger partial charge in [-0.05, 0) is 37.3 Å². The molecule has 0 unspecified atom stereocenters. The van der Waals surface area contributed by atoms with E-state index in [1.165, 1.54) is 31.1 Å². The van der Waals surface area contributed by atoms with Crippen LogP contribution in [0.15, 0.2) is 47.6 Å². The number of halogens is 3. The number of ketones is 1. The van der Waals surface area contributed by atoms with Gasteiger partial charge in [-0.25, -0.2) is 0 Å². The molecule has 1 aliphatic rings. The summed E-state index contributed by atoms with van der Waals surface area (Å²) < 4.78 is 44.5. The number of amidine groups is 1. The number of rotatable bonds is 5. The second-order valence-corrected chi connectivity index (χ2v) is 6.33. The van der Waals surface area contributed by atoms with Gasteiger partial charge in [-0.3, -0.25) is 14.5 Å². The van der Waals surface area contributed by atoms with Crippen LogP contribution in [0.3, 0.4) is 0 Å². The van der Waals surface area contributed by atoms with E-state index in [-0.39, 0.29) is 30.3 Å². The Morgan fingerprint density at radius 3 is 2.66 bits per heavy atom. The molecular weight excluding hydrogens is 389 g/mol. The molecule has 0 atom stereocenters. The Morgan fingerprint density at radius 2 is 2.00 bits per heavy atom. The quantitative estimate of drug-likeness (QED) is 0.711. The van der Waals surface area contributed by atoms with Crippen molar-refractivity contribution in [2.75, 3.05) is 13.7 Å². The van der Waals surface area contributed by atoms with Gasteiger partial charge in [-0.2, -0.15) is 13.2 Å². The monoisotopic (exact) mass is 406 g/mol. The van der Waals surface area contributed by atoms with E-state index < -0.39 is 17.6 Å². The zero-order valence-electron chi connectivity index (χ0n) is 15.6. The highest BCUT2D eigenvalue weighted by molar-refractivity contribution is 6.09. The van der Waals surface area contributed by atoms with Crippen molar-refractivity contribution in [1.82, 2.24) is 4.90 Å². The van der Waals surface area contributed by atoms with E-state index in [1.54, 1.807) is 18.2 Å². The van der Waals surface area contributed by atoms with Crippen LogP contribution in [0.25, 0.3) is 0 Å². The molecular formula is C20H17F3N2O4. The minimum Gasteiger partial charge on any atom is -0.496 e. The summed E-state index contributed by atoms with van der Waals surface area (Å²) in [5.74, 6) is -0.281. The lowest BCUT2D eigenvalue weighted by atomic mass is 10.0. The number of methoxy groups -OCH3 is 1. The average molecular weight is 406 g/mol. The molecule has 1 amide bonds. The predicted octanol–water partition coefficient (Wildman–Crippen LogP) is 3.64. The molecule has 2 aromatic carbocycles. The summed E-state index contributed by atoms with van der Waals surface area (Å²) >= 11 is 0. The van der Waals surface area contributed by atoms with Gasteiger partial charge in [-0.1, -0.05) is 17.3 Å². The number of ether oxygens (including phenoxy) is 1. The largest absolute Gasteiger partial charge is 0.496 e. The van der Waals surface area contributed by atoms with E-state index in [0.717, 1.165) is 12.1 Å². The number of hydrogen-bond donors (Lipinski definition) is 0. The Labute approximate surface area is 164 Å². The molecule has 0 saturated heterocycles. The minimum atomic E-state index is -4.54. The lowest BCUT2D eigenvalue weighted by Crippen LogP contribution is -2.42. The summed E-state index contributed by atoms with van der Waals surface area (Å²) in [6.07, 6.45) is -4.54. The normalized spacial score (nSPS) is 14.3. The maximum absolute atomic E-state index is 13.1. The Kier molecular flexibility index (Phi) is 5.58. The van der Waals surface area contributed by atoms with Crippen LogP contribution in [0.5, 0.6) is 5.75 Å². The molecule has 0 radical (unpaired) electrons. The minimum absolute atomic E-state index is 0.0531. The van der Waals surface area contributed by atoms with Crippen LogP contribution in [-0.4, -0.2) is 36.1 Å². The number of alkyl halides is 3. The number of benzene rings is 2. The van der Waals surface area contributed by atoms with Crippen molar-refractivity contribution in [1.29, 1.82) is 0 Å². The van der Waals surface area contributed by atoms with Crippen LogP contribution in [0.2, 0.25) is 0 Å². The van der Waals surface area contributed by atoms with Crippen LogP contribution in [0.4, 0.5) is 13.2 Å². The molecule has 1 heterocycles. The smallest absolute Gasteiger partial charge is 0.416 e. The average Bonchev–Trinajstić information content (AvgIpc) is 2.68. The van der Waals surface area contributed by atoms with Crippen LogP contribution >= 0.6 is 0 Å². The number of carbonyl (C=O) groups is 2. The third-order valence-corrected chi connectivity index (χ3v) is 4.36. The lowest BCUT2D eigenvalue weighted by Gasteiger charge is -2.28. The Hall–Kier alpha value is -3.36. The summed E-state index contributed by atoms with van der Waals surface area (Å²) in [6, 6.07) is 9.23. The maximum atomic E-state index is 13.1. The van der Waals surface area contributed by atoms with Gasteiger partial charge in [0.05, 0.1) is 19.2 Å². The van der Waals surface area contributed by atoms with Crippen LogP contribution in [0, 0.1) is 0 Å². The molecule has 0 aliphatic carbocycles. The first-order valence-electron chi connectivity index (χ1n) is 8.56. The fourth-order valence-electron chi connectivity index (χ4n) is 2.89. The van der Waals surface area contributed by atoms with Gasteiger partial charge in [0.2, 0.25) is 0 Å². The van der Waals surface area contributed by atoms with Gasteiger partial charge in [0.25, 0.3) is 5.91 Å². The number of amides is 1. The molecule has 0 N–H and O–H groups in total. The standard InChI is InChI=1S/C20H17F3N2O4/c1-12(26)13-6-7-17(28-2)15(8-13)10-25-18(27)11-29-24-19(25)14-4-3-5-16(9-14)20(21,22)23/h3-9H,10-11H2,1-2H3. The molecule has 0 spiro atoms. The molecule has 0 saturated carbocycles. The molecule has 0 aromatic heterocycles. The first kappa shape index (κ1) is 20.4. The molecule has 3 rings (SSSR count). The molecule has 9 heteroatoms. The molecule has 2 aromatic rings. The lowest BCUT2D eigenvalue weighted by molar-refractivity contribution is -0.137. The van der Waals surface area contributed by atoms with Gasteiger partial charge in [0.1, 0.15) is 5.75 Å². The fraction of sp³-hybridized carbons (Fsp3) is 0.250. The SMILES string of the molecule is COc1ccc(C(C)=O)cc1CN1C(=O)CON=C1c1cccc(C(F)(F)F)c1. The number of hydrogen-bond acceptors (Lipinski definition) is 5. The third kappa shape index (κ3) is 4.39. The van der Waals surface area contributed by atoms with Crippen LogP contribution < -0.4 is 4.74 Å². The number of oxime groups is 1. The second kappa shape index (κ2) is 7.94. The van der Waals surface area contributed by atoms with E-state index in [0.29, 0.717) is 16.9 Å². The summed E-state index contributed by atoms with van der Waals surface area (Å²) in [6.45, 7) is 1.000. The van der Waals surface area contributed by atoms with Gasteiger partial charge >= 0.3 is 6.18 Å². The van der Waals surface area contributed by atoms with Crippen LogP contribution in [0.1, 0.15) is 34.0 Å². The zero-order chi connectivity index (χ0) is 21.2. The summed E-state index contributed by atoms with van der Waals surface area (Å²) in [5, 5.41) is 3.81. The molecule has 152 valence electrons. The van der Waals surface area contributed by atoms with Gasteiger partial charge < -0.3 is 9.57 Å². The zero-order valence-corrected chi connectivity index (χ0v) is 15.6. The van der Waals surface area contributed by atoms with E-state index in [4.69, 9.17) is 9.57 Å². The maximum Gasteiger partial charge on any atom is 0.416 e. The topological polar surface area (TPSA) is 68.2 Å². The van der Waals surface area contributed by atoms with Crippen molar-refractivity contribution >= 4 is 17.5 Å². The molecule has 29 heavy (non-hydrogen) atoms. The highest BCUT2D eigenvalue weighted by Gasteiger charge is 2.33. The Morgan fingerprint density at radius 1 is 1.24 bits per heavy atom. The van der Waals surface area contributed by atoms with Gasteiger partial charge in [0.15, 0.2) is 18.2 Å². The van der Waals surface area contributed by atoms with Crippen LogP contribution in [-0.2, 0) is 22.4 Å². The fourth-order valence-corrected chi connectivity index (χ4v) is 2.89. The molecule has 0 bridgehead atoms. The Balaban J connectivity index is 2.01. The van der Waals surface area contributed by atoms with Crippen molar-refractivity contribution in [2.45, 2.75) is 19.6 Å². The number of nitrogens with zero attached hydrogens (tertiary/aromatic N) is 2. The molecule has 0 fully saturated rings. The summed E-state index contributed by atoms with van der Waals surface area (Å²) in [5.41, 5.74) is 0.135. The highest BCUT2D eigenvalue weighted by atomic mass is 19.4. The first-order chi connectivity index (χ1) is 13.7. The van der Waals surface area contributed by atoms with Crippen molar-refractivity contribution in [2.24, 2.45) is 5.16 Å². The summed E-state index contributed by atoms with van der Waals surface area (Å²) in [4.78, 5) is 30.3. The highest BCUT2D eigenvalue weighted by Crippen LogP contribution is 2.30. The van der Waals surface area contributed by atoms with Gasteiger partial charge in [-0.15, -0.1) is 0 Å². The third-order valence-electron chi connectivity index (χ3n) is 4.36. The number of Topliss-reactive ketones (excluding diaryl/α,β-unsaturated/α-hetero) is 1. The first-order valence-corrected chi connectivity index (χ1v) is 8.56. The molecule has 6 nitrogen and oxygen atoms in total. The van der Waals surface area contributed by atoms with Crippen molar-refractivity contribution in [3.8, 4) is 5.75 Å². The van der Waals surface area contributed by atoms with E-state index in [1.807, 2.05) is 0 Å². The number of carbonyl (C=O) groups excluding carboxylic acids is 2. The van der Waals surface area contributed by atoms with E-state index >= 15 is 0 Å². The molecule has 1 aliphatic heterocycles. The van der Waals surface area contributed by atoms with Gasteiger partial charge in [0, 0.05) is 16.7 Å². The van der Waals surface area contributed by atoms with E-state index in [9.17, 15) is 22.8 Å². The summed E-state index contributed by atoms with van der Waals surface area (Å²) in [7, 11) is 1.44. The Bertz CT molecular complexity index is 986. The second-order valence-electron chi connectivity index (χ2n) is 6.33. The van der Waals surface area contributed by atoms with Crippen molar-refractivity contribution in [3.63, 3.8) is 0 Å². The van der Waals surface area contributed by atoms with Crippen molar-refractivity contribution in [3.05, 3.63) is 64.7 Å². The van der Waals surface area contributed by atoms with Crippen molar-refractivity contribution < 1.29 is 32.3 Å².